The van der Waals surface area contributed by atoms with Crippen LogP contribution in [0.25, 0.3) is 0 Å². The van der Waals surface area contributed by atoms with Crippen molar-refractivity contribution in [2.24, 2.45) is 0 Å². The van der Waals surface area contributed by atoms with Gasteiger partial charge in [0.25, 0.3) is 0 Å². The number of aromatic amines is 1. The molecule has 3 nitrogen and oxygen atoms in total. The molecule has 0 aliphatic rings. The Labute approximate surface area is 86.7 Å². The molecule has 1 heterocycles. The second-order valence-corrected chi connectivity index (χ2v) is 4.77. The molecule has 0 aliphatic carbocycles. The van der Waals surface area contributed by atoms with E-state index in [4.69, 9.17) is 0 Å². The Morgan fingerprint density at radius 1 is 1.62 bits per heavy atom. The number of nitrogens with zero attached hydrogens (tertiary/aromatic N) is 1. The molecule has 0 aromatic carbocycles. The summed E-state index contributed by atoms with van der Waals surface area (Å²) < 4.78 is 0. The summed E-state index contributed by atoms with van der Waals surface area (Å²) in [6.07, 6.45) is 1.21. The maximum absolute atomic E-state index is 9.66. The van der Waals surface area contributed by atoms with Crippen molar-refractivity contribution in [1.29, 1.82) is 0 Å². The third kappa shape index (κ3) is 2.31. The minimum absolute atomic E-state index is 0.00498. The summed E-state index contributed by atoms with van der Waals surface area (Å²) >= 11 is 3.25. The number of hydrogen-bond donors (Lipinski definition) is 2. The minimum Gasteiger partial charge on any atom is -0.387 e. The van der Waals surface area contributed by atoms with Crippen molar-refractivity contribution < 1.29 is 5.11 Å². The van der Waals surface area contributed by atoms with Crippen LogP contribution in [0, 0.1) is 0 Å². The molecular weight excluding hydrogens is 232 g/mol. The Balaban J connectivity index is 3.03. The van der Waals surface area contributed by atoms with E-state index in [1.54, 1.807) is 6.20 Å². The summed E-state index contributed by atoms with van der Waals surface area (Å²) in [5.74, 6) is 0. The van der Waals surface area contributed by atoms with Gasteiger partial charge in [-0.3, -0.25) is 5.10 Å². The number of aliphatic hydroxyl groups excluding tert-OH is 1. The standard InChI is InChI=1S/C9H15BrN2O/c1-9(2,3)8-6(5-11-12-8)7(13)4-10/h5,7,13H,4H2,1-3H3,(H,11,12). The lowest BCUT2D eigenvalue weighted by molar-refractivity contribution is 0.202. The predicted molar refractivity (Wildman–Crippen MR) is 56.0 cm³/mol. The quantitative estimate of drug-likeness (QED) is 0.786. The average molecular weight is 247 g/mol. The fourth-order valence-corrected chi connectivity index (χ4v) is 1.58. The van der Waals surface area contributed by atoms with Crippen LogP contribution in [-0.2, 0) is 5.41 Å². The van der Waals surface area contributed by atoms with E-state index in [2.05, 4.69) is 46.9 Å². The summed E-state index contributed by atoms with van der Waals surface area (Å²) in [7, 11) is 0. The molecule has 0 saturated carbocycles. The number of aromatic nitrogens is 2. The molecule has 0 amide bonds. The molecule has 1 unspecified atom stereocenters. The average Bonchev–Trinajstić information content (AvgIpc) is 2.49. The zero-order valence-electron chi connectivity index (χ0n) is 8.13. The van der Waals surface area contributed by atoms with Gasteiger partial charge in [0, 0.05) is 22.0 Å². The van der Waals surface area contributed by atoms with Gasteiger partial charge in [-0.15, -0.1) is 0 Å². The molecule has 0 bridgehead atoms. The second kappa shape index (κ2) is 3.80. The minimum atomic E-state index is -0.479. The number of alkyl halides is 1. The van der Waals surface area contributed by atoms with Gasteiger partial charge in [0.2, 0.25) is 0 Å². The molecular formula is C9H15BrN2O. The first kappa shape index (κ1) is 10.7. The van der Waals surface area contributed by atoms with Crippen molar-refractivity contribution in [3.63, 3.8) is 0 Å². The molecule has 1 aromatic heterocycles. The van der Waals surface area contributed by atoms with E-state index in [9.17, 15) is 5.11 Å². The molecule has 0 fully saturated rings. The lowest BCUT2D eigenvalue weighted by Crippen LogP contribution is -2.16. The van der Waals surface area contributed by atoms with Gasteiger partial charge in [-0.05, 0) is 0 Å². The van der Waals surface area contributed by atoms with Gasteiger partial charge in [-0.2, -0.15) is 5.10 Å². The largest absolute Gasteiger partial charge is 0.387 e. The molecule has 2 N–H and O–H groups in total. The summed E-state index contributed by atoms with van der Waals surface area (Å²) in [6, 6.07) is 0. The Morgan fingerprint density at radius 2 is 2.23 bits per heavy atom. The van der Waals surface area contributed by atoms with Gasteiger partial charge < -0.3 is 5.11 Å². The molecule has 1 aromatic rings. The zero-order valence-corrected chi connectivity index (χ0v) is 9.72. The summed E-state index contributed by atoms with van der Waals surface area (Å²) in [6.45, 7) is 6.26. The Bertz CT molecular complexity index is 277. The molecule has 0 saturated heterocycles. The van der Waals surface area contributed by atoms with Crippen molar-refractivity contribution in [2.75, 3.05) is 5.33 Å². The van der Waals surface area contributed by atoms with Crippen LogP contribution in [0.5, 0.6) is 0 Å². The first-order chi connectivity index (χ1) is 5.96. The maximum atomic E-state index is 9.66. The maximum Gasteiger partial charge on any atom is 0.0920 e. The molecule has 0 spiro atoms. The van der Waals surface area contributed by atoms with Crippen molar-refractivity contribution in [3.8, 4) is 0 Å². The van der Waals surface area contributed by atoms with E-state index >= 15 is 0 Å². The molecule has 1 atom stereocenters. The van der Waals surface area contributed by atoms with Crippen molar-refractivity contribution in [1.82, 2.24) is 10.2 Å². The highest BCUT2D eigenvalue weighted by molar-refractivity contribution is 9.09. The fourth-order valence-electron chi connectivity index (χ4n) is 1.23. The molecule has 1 rings (SSSR count). The van der Waals surface area contributed by atoms with Crippen LogP contribution < -0.4 is 0 Å². The van der Waals surface area contributed by atoms with Crippen LogP contribution in [0.2, 0.25) is 0 Å². The Morgan fingerprint density at radius 3 is 2.69 bits per heavy atom. The topological polar surface area (TPSA) is 48.9 Å². The highest BCUT2D eigenvalue weighted by Crippen LogP contribution is 2.28. The van der Waals surface area contributed by atoms with Crippen LogP contribution in [0.15, 0.2) is 6.20 Å². The van der Waals surface area contributed by atoms with Gasteiger partial charge in [0.15, 0.2) is 0 Å². The van der Waals surface area contributed by atoms with Gasteiger partial charge in [-0.1, -0.05) is 36.7 Å². The first-order valence-corrected chi connectivity index (χ1v) is 5.36. The smallest absolute Gasteiger partial charge is 0.0920 e. The normalized spacial score (nSPS) is 14.5. The number of rotatable bonds is 2. The van der Waals surface area contributed by atoms with Crippen LogP contribution in [-0.4, -0.2) is 20.6 Å². The molecule has 0 radical (unpaired) electrons. The van der Waals surface area contributed by atoms with Crippen LogP contribution in [0.4, 0.5) is 0 Å². The second-order valence-electron chi connectivity index (χ2n) is 4.12. The van der Waals surface area contributed by atoms with Gasteiger partial charge in [0.1, 0.15) is 0 Å². The highest BCUT2D eigenvalue weighted by atomic mass is 79.9. The monoisotopic (exact) mass is 246 g/mol. The lowest BCUT2D eigenvalue weighted by atomic mass is 9.88. The number of H-pyrrole nitrogens is 1. The van der Waals surface area contributed by atoms with E-state index in [1.807, 2.05) is 0 Å². The first-order valence-electron chi connectivity index (χ1n) is 4.24. The van der Waals surface area contributed by atoms with Gasteiger partial charge in [0.05, 0.1) is 12.3 Å². The summed E-state index contributed by atoms with van der Waals surface area (Å²) in [5.41, 5.74) is 1.87. The summed E-state index contributed by atoms with van der Waals surface area (Å²) in [4.78, 5) is 0. The molecule has 4 heteroatoms. The van der Waals surface area contributed by atoms with E-state index < -0.39 is 6.10 Å². The molecule has 0 aliphatic heterocycles. The van der Waals surface area contributed by atoms with Gasteiger partial charge >= 0.3 is 0 Å². The Hall–Kier alpha value is -0.350. The molecule has 74 valence electrons. The van der Waals surface area contributed by atoms with Crippen LogP contribution >= 0.6 is 15.9 Å². The SMILES string of the molecule is CC(C)(C)c1[nH]ncc1C(O)CBr. The van der Waals surface area contributed by atoms with Crippen molar-refractivity contribution >= 4 is 15.9 Å². The third-order valence-electron chi connectivity index (χ3n) is 1.92. The van der Waals surface area contributed by atoms with E-state index in [1.165, 1.54) is 0 Å². The van der Waals surface area contributed by atoms with Crippen molar-refractivity contribution in [3.05, 3.63) is 17.5 Å². The number of nitrogens with one attached hydrogen (secondary N) is 1. The zero-order chi connectivity index (χ0) is 10.1. The van der Waals surface area contributed by atoms with E-state index in [-0.39, 0.29) is 5.41 Å². The Kier molecular flexibility index (Phi) is 3.14. The van der Waals surface area contributed by atoms with Crippen LogP contribution in [0.1, 0.15) is 38.1 Å². The van der Waals surface area contributed by atoms with E-state index in [0.717, 1.165) is 11.3 Å². The van der Waals surface area contributed by atoms with Crippen LogP contribution in [0.3, 0.4) is 0 Å². The predicted octanol–water partition coefficient (Wildman–Crippen LogP) is 2.14. The number of hydrogen-bond acceptors (Lipinski definition) is 2. The number of halogens is 1. The number of aliphatic hydroxyl groups is 1. The highest BCUT2D eigenvalue weighted by Gasteiger charge is 2.23. The van der Waals surface area contributed by atoms with E-state index in [0.29, 0.717) is 5.33 Å². The fraction of sp³-hybridized carbons (Fsp3) is 0.667. The third-order valence-corrected chi connectivity index (χ3v) is 2.54. The summed E-state index contributed by atoms with van der Waals surface area (Å²) in [5, 5.41) is 17.1. The lowest BCUT2D eigenvalue weighted by Gasteiger charge is -2.19. The van der Waals surface area contributed by atoms with Crippen molar-refractivity contribution in [2.45, 2.75) is 32.3 Å². The van der Waals surface area contributed by atoms with Gasteiger partial charge in [-0.25, -0.2) is 0 Å². The molecule has 13 heavy (non-hydrogen) atoms.